The molecule has 0 spiro atoms. The van der Waals surface area contributed by atoms with E-state index in [0.717, 1.165) is 38.2 Å². The first kappa shape index (κ1) is 14.9. The van der Waals surface area contributed by atoms with Crippen LogP contribution >= 0.6 is 0 Å². The van der Waals surface area contributed by atoms with Gasteiger partial charge in [-0.3, -0.25) is 4.90 Å². The van der Waals surface area contributed by atoms with Gasteiger partial charge >= 0.3 is 0 Å². The molecule has 2 aromatic carbocycles. The monoisotopic (exact) mass is 308 g/mol. The molecule has 3 nitrogen and oxygen atoms in total. The van der Waals surface area contributed by atoms with Crippen molar-refractivity contribution in [1.82, 2.24) is 9.80 Å². The summed E-state index contributed by atoms with van der Waals surface area (Å²) in [6.45, 7) is 4.14. The molecule has 3 heteroatoms. The molecular formula is C20H24N2O. The Labute approximate surface area is 138 Å². The molecule has 0 bridgehead atoms. The smallest absolute Gasteiger partial charge is 0.0989 e. The summed E-state index contributed by atoms with van der Waals surface area (Å²) in [5, 5.41) is 11.2. The lowest BCUT2D eigenvalue weighted by atomic mass is 9.93. The standard InChI is InChI=1S/C20H24N2O/c1-21-10-12-22(13-11-21)19-17-8-4-2-6-15(17)14-16-7-3-5-9-18(16)20(19)23/h2-9,19-20,23H,10-14H2,1H3. The summed E-state index contributed by atoms with van der Waals surface area (Å²) in [6.07, 6.45) is 0.450. The summed E-state index contributed by atoms with van der Waals surface area (Å²) in [7, 11) is 2.17. The Morgan fingerprint density at radius 3 is 2.09 bits per heavy atom. The molecule has 0 aromatic heterocycles. The molecule has 120 valence electrons. The Balaban J connectivity index is 1.79. The van der Waals surface area contributed by atoms with Gasteiger partial charge < -0.3 is 10.0 Å². The molecule has 2 aliphatic rings. The molecule has 0 saturated carbocycles. The minimum absolute atomic E-state index is 0.0588. The molecule has 1 saturated heterocycles. The number of benzene rings is 2. The molecule has 2 atom stereocenters. The molecule has 2 unspecified atom stereocenters. The molecule has 1 N–H and O–H groups in total. The van der Waals surface area contributed by atoms with Gasteiger partial charge in [0.15, 0.2) is 0 Å². The van der Waals surface area contributed by atoms with Crippen molar-refractivity contribution < 1.29 is 5.11 Å². The van der Waals surface area contributed by atoms with Crippen LogP contribution in [0.15, 0.2) is 48.5 Å². The van der Waals surface area contributed by atoms with Crippen molar-refractivity contribution in [2.24, 2.45) is 0 Å². The van der Waals surface area contributed by atoms with E-state index >= 15 is 0 Å². The maximum absolute atomic E-state index is 11.2. The van der Waals surface area contributed by atoms with Gasteiger partial charge in [0.05, 0.1) is 12.1 Å². The van der Waals surface area contributed by atoms with Crippen LogP contribution in [0.5, 0.6) is 0 Å². The van der Waals surface area contributed by atoms with Crippen LogP contribution in [-0.2, 0) is 6.42 Å². The lowest BCUT2D eigenvalue weighted by Gasteiger charge is -2.40. The largest absolute Gasteiger partial charge is 0.386 e. The van der Waals surface area contributed by atoms with Gasteiger partial charge in [-0.05, 0) is 35.7 Å². The van der Waals surface area contributed by atoms with Crippen molar-refractivity contribution in [1.29, 1.82) is 0 Å². The molecular weight excluding hydrogens is 284 g/mol. The number of fused-ring (bicyclic) bond motifs is 2. The number of aliphatic hydroxyl groups is 1. The van der Waals surface area contributed by atoms with Crippen LogP contribution in [0.1, 0.15) is 34.4 Å². The van der Waals surface area contributed by atoms with Gasteiger partial charge in [-0.25, -0.2) is 0 Å². The summed E-state index contributed by atoms with van der Waals surface area (Å²) in [6, 6.07) is 17.1. The summed E-state index contributed by atoms with van der Waals surface area (Å²) in [5.41, 5.74) is 4.98. The zero-order valence-electron chi connectivity index (χ0n) is 13.7. The third-order valence-corrected chi connectivity index (χ3v) is 5.36. The van der Waals surface area contributed by atoms with E-state index in [0.29, 0.717) is 0 Å². The second kappa shape index (κ2) is 6.08. The molecule has 0 amide bonds. The van der Waals surface area contributed by atoms with E-state index < -0.39 is 6.10 Å². The van der Waals surface area contributed by atoms with Crippen LogP contribution < -0.4 is 0 Å². The highest BCUT2D eigenvalue weighted by Crippen LogP contribution is 2.41. The average molecular weight is 308 g/mol. The van der Waals surface area contributed by atoms with Crippen LogP contribution in [0.3, 0.4) is 0 Å². The summed E-state index contributed by atoms with van der Waals surface area (Å²) >= 11 is 0. The Hall–Kier alpha value is -1.68. The van der Waals surface area contributed by atoms with Crippen LogP contribution in [-0.4, -0.2) is 48.1 Å². The van der Waals surface area contributed by atoms with Gasteiger partial charge in [0.2, 0.25) is 0 Å². The fourth-order valence-corrected chi connectivity index (χ4v) is 4.01. The lowest BCUT2D eigenvalue weighted by Crippen LogP contribution is -2.47. The van der Waals surface area contributed by atoms with E-state index in [4.69, 9.17) is 0 Å². The second-order valence-electron chi connectivity index (χ2n) is 6.80. The Kier molecular flexibility index (Phi) is 3.93. The highest BCUT2D eigenvalue weighted by Gasteiger charge is 2.34. The third kappa shape index (κ3) is 2.69. The number of piperazine rings is 1. The van der Waals surface area contributed by atoms with Crippen molar-refractivity contribution in [3.8, 4) is 0 Å². The first-order valence-corrected chi connectivity index (χ1v) is 8.50. The SMILES string of the molecule is CN1CCN(C2c3ccccc3Cc3ccccc3C2O)CC1. The highest BCUT2D eigenvalue weighted by atomic mass is 16.3. The van der Waals surface area contributed by atoms with Crippen LogP contribution in [0, 0.1) is 0 Å². The number of nitrogens with zero attached hydrogens (tertiary/aromatic N) is 2. The number of aliphatic hydroxyl groups excluding tert-OH is 1. The number of hydrogen-bond donors (Lipinski definition) is 1. The van der Waals surface area contributed by atoms with Gasteiger partial charge in [-0.2, -0.15) is 0 Å². The Morgan fingerprint density at radius 2 is 1.39 bits per heavy atom. The first-order valence-electron chi connectivity index (χ1n) is 8.50. The maximum atomic E-state index is 11.2. The first-order chi connectivity index (χ1) is 11.2. The number of hydrogen-bond acceptors (Lipinski definition) is 3. The fraction of sp³-hybridized carbons (Fsp3) is 0.400. The minimum atomic E-state index is -0.460. The maximum Gasteiger partial charge on any atom is 0.0989 e. The zero-order chi connectivity index (χ0) is 15.8. The number of rotatable bonds is 1. The van der Waals surface area contributed by atoms with Gasteiger partial charge in [0.1, 0.15) is 0 Å². The molecule has 1 aliphatic carbocycles. The minimum Gasteiger partial charge on any atom is -0.386 e. The molecule has 4 rings (SSSR count). The molecule has 2 aromatic rings. The molecule has 1 heterocycles. The van der Waals surface area contributed by atoms with Crippen molar-refractivity contribution in [2.75, 3.05) is 33.2 Å². The van der Waals surface area contributed by atoms with Crippen LogP contribution in [0.2, 0.25) is 0 Å². The van der Waals surface area contributed by atoms with E-state index in [1.165, 1.54) is 16.7 Å². The van der Waals surface area contributed by atoms with E-state index in [9.17, 15) is 5.11 Å². The predicted octanol–water partition coefficient (Wildman–Crippen LogP) is 2.61. The Morgan fingerprint density at radius 1 is 0.826 bits per heavy atom. The van der Waals surface area contributed by atoms with Crippen LogP contribution in [0.4, 0.5) is 0 Å². The van der Waals surface area contributed by atoms with E-state index in [1.807, 2.05) is 6.07 Å². The fourth-order valence-electron chi connectivity index (χ4n) is 4.01. The van der Waals surface area contributed by atoms with E-state index in [2.05, 4.69) is 59.3 Å². The lowest BCUT2D eigenvalue weighted by molar-refractivity contribution is 0.0217. The third-order valence-electron chi connectivity index (χ3n) is 5.36. The average Bonchev–Trinajstić information content (AvgIpc) is 2.70. The topological polar surface area (TPSA) is 26.7 Å². The van der Waals surface area contributed by atoms with E-state index in [1.54, 1.807) is 0 Å². The summed E-state index contributed by atoms with van der Waals surface area (Å²) in [4.78, 5) is 4.82. The molecule has 1 aliphatic heterocycles. The van der Waals surface area contributed by atoms with Gasteiger partial charge in [-0.1, -0.05) is 48.5 Å². The quantitative estimate of drug-likeness (QED) is 0.877. The van der Waals surface area contributed by atoms with E-state index in [-0.39, 0.29) is 6.04 Å². The summed E-state index contributed by atoms with van der Waals surface area (Å²) < 4.78 is 0. The van der Waals surface area contributed by atoms with Gasteiger partial charge in [-0.15, -0.1) is 0 Å². The van der Waals surface area contributed by atoms with Gasteiger partial charge in [0, 0.05) is 26.2 Å². The second-order valence-corrected chi connectivity index (χ2v) is 6.80. The molecule has 0 radical (unpaired) electrons. The normalized spacial score (nSPS) is 25.5. The highest BCUT2D eigenvalue weighted by molar-refractivity contribution is 5.43. The zero-order valence-corrected chi connectivity index (χ0v) is 13.7. The van der Waals surface area contributed by atoms with Crippen molar-refractivity contribution in [3.63, 3.8) is 0 Å². The van der Waals surface area contributed by atoms with Gasteiger partial charge in [0.25, 0.3) is 0 Å². The van der Waals surface area contributed by atoms with Crippen molar-refractivity contribution >= 4 is 0 Å². The van der Waals surface area contributed by atoms with Crippen molar-refractivity contribution in [3.05, 3.63) is 70.8 Å². The molecule has 23 heavy (non-hydrogen) atoms. The predicted molar refractivity (Wildman–Crippen MR) is 92.5 cm³/mol. The number of likely N-dealkylation sites (N-methyl/N-ethyl adjacent to an activating group) is 1. The molecule has 1 fully saturated rings. The van der Waals surface area contributed by atoms with Crippen molar-refractivity contribution in [2.45, 2.75) is 18.6 Å². The summed E-state index contributed by atoms with van der Waals surface area (Å²) in [5.74, 6) is 0. The Bertz CT molecular complexity index is 692. The van der Waals surface area contributed by atoms with Crippen LogP contribution in [0.25, 0.3) is 0 Å².